The van der Waals surface area contributed by atoms with Gasteiger partial charge in [-0.1, -0.05) is 0 Å². The molecule has 0 aliphatic heterocycles. The Bertz CT molecular complexity index is 1080. The quantitative estimate of drug-likeness (QED) is 0.486. The number of nitrogens with one attached hydrogen (secondary N) is 1. The third-order valence-electron chi connectivity index (χ3n) is 5.12. The highest BCUT2D eigenvalue weighted by Crippen LogP contribution is 2.38. The van der Waals surface area contributed by atoms with Crippen LogP contribution in [0.25, 0.3) is 11.0 Å². The molecule has 0 unspecified atom stereocenters. The molecule has 0 bridgehead atoms. The Morgan fingerprint density at radius 1 is 1.29 bits per heavy atom. The molecule has 1 aromatic carbocycles. The van der Waals surface area contributed by atoms with Crippen molar-refractivity contribution >= 4 is 39.1 Å². The van der Waals surface area contributed by atoms with E-state index in [4.69, 9.17) is 9.15 Å². The van der Waals surface area contributed by atoms with Gasteiger partial charge in [-0.25, -0.2) is 9.18 Å². The van der Waals surface area contributed by atoms with Crippen LogP contribution < -0.4 is 5.32 Å². The fourth-order valence-corrected chi connectivity index (χ4v) is 4.98. The third-order valence-corrected chi connectivity index (χ3v) is 6.37. The number of fused-ring (bicyclic) bond motifs is 2. The van der Waals surface area contributed by atoms with Gasteiger partial charge in [0.25, 0.3) is 0 Å². The zero-order valence-electron chi connectivity index (χ0n) is 15.7. The van der Waals surface area contributed by atoms with Crippen LogP contribution in [0.1, 0.15) is 49.8 Å². The summed E-state index contributed by atoms with van der Waals surface area (Å²) in [7, 11) is 1.36. The summed E-state index contributed by atoms with van der Waals surface area (Å²) in [5.41, 5.74) is 2.66. The smallest absolute Gasteiger partial charge is 0.341 e. The Labute approximate surface area is 165 Å². The topological polar surface area (TPSA) is 68.5 Å². The highest BCUT2D eigenvalue weighted by atomic mass is 32.1. The number of ether oxygens (including phenoxy) is 1. The minimum Gasteiger partial charge on any atom is -0.465 e. The molecule has 7 heteroatoms. The normalized spacial score (nSPS) is 13.4. The molecule has 0 spiro atoms. The minimum atomic E-state index is -0.384. The van der Waals surface area contributed by atoms with Crippen LogP contribution in [0.3, 0.4) is 0 Å². The number of aryl methyl sites for hydroxylation is 2. The van der Waals surface area contributed by atoms with Gasteiger partial charge in [0.2, 0.25) is 5.78 Å². The summed E-state index contributed by atoms with van der Waals surface area (Å²) < 4.78 is 24.1. The summed E-state index contributed by atoms with van der Waals surface area (Å²) in [6, 6.07) is 4.18. The summed E-state index contributed by atoms with van der Waals surface area (Å²) in [4.78, 5) is 26.2. The molecule has 5 nitrogen and oxygen atoms in total. The van der Waals surface area contributed by atoms with Crippen molar-refractivity contribution < 1.29 is 23.1 Å². The molecular weight excluding hydrogens is 381 g/mol. The fraction of sp³-hybridized carbons (Fsp3) is 0.333. The number of hydrogen-bond donors (Lipinski definition) is 1. The van der Waals surface area contributed by atoms with E-state index in [2.05, 4.69) is 5.32 Å². The second-order valence-electron chi connectivity index (χ2n) is 6.88. The molecule has 0 fully saturated rings. The lowest BCUT2D eigenvalue weighted by atomic mass is 9.95. The number of carbonyl (C=O) groups is 2. The molecule has 0 amide bonds. The van der Waals surface area contributed by atoms with Crippen LogP contribution in [-0.4, -0.2) is 25.4 Å². The van der Waals surface area contributed by atoms with Gasteiger partial charge >= 0.3 is 5.97 Å². The first-order valence-corrected chi connectivity index (χ1v) is 9.99. The maximum atomic E-state index is 13.5. The molecule has 3 aromatic rings. The van der Waals surface area contributed by atoms with Gasteiger partial charge in [0.05, 0.1) is 19.2 Å². The highest BCUT2D eigenvalue weighted by molar-refractivity contribution is 7.16. The first-order chi connectivity index (χ1) is 13.5. The van der Waals surface area contributed by atoms with Gasteiger partial charge in [-0.2, -0.15) is 0 Å². The number of benzene rings is 1. The molecule has 28 heavy (non-hydrogen) atoms. The Kier molecular flexibility index (Phi) is 4.93. The van der Waals surface area contributed by atoms with Gasteiger partial charge in [-0.3, -0.25) is 4.79 Å². The van der Waals surface area contributed by atoms with E-state index in [0.29, 0.717) is 27.1 Å². The second kappa shape index (κ2) is 7.39. The lowest BCUT2D eigenvalue weighted by Gasteiger charge is -2.11. The molecule has 1 aliphatic rings. The molecule has 0 atom stereocenters. The minimum absolute atomic E-state index is 0.0213. The van der Waals surface area contributed by atoms with Crippen LogP contribution >= 0.6 is 11.3 Å². The van der Waals surface area contributed by atoms with Crippen molar-refractivity contribution in [1.82, 2.24) is 0 Å². The number of ketones is 1. The maximum Gasteiger partial charge on any atom is 0.341 e. The Morgan fingerprint density at radius 3 is 2.86 bits per heavy atom. The summed E-state index contributed by atoms with van der Waals surface area (Å²) in [5, 5.41) is 4.35. The lowest BCUT2D eigenvalue weighted by molar-refractivity contribution is 0.0600. The van der Waals surface area contributed by atoms with Crippen LogP contribution in [-0.2, 0) is 17.6 Å². The number of anilines is 1. The first-order valence-electron chi connectivity index (χ1n) is 9.18. The molecule has 2 aromatic heterocycles. The van der Waals surface area contributed by atoms with E-state index >= 15 is 0 Å². The van der Waals surface area contributed by atoms with Crippen molar-refractivity contribution in [2.75, 3.05) is 19.0 Å². The Balaban J connectivity index is 1.60. The third kappa shape index (κ3) is 3.20. The second-order valence-corrected chi connectivity index (χ2v) is 7.99. The average Bonchev–Trinajstić information content (AvgIpc) is 3.23. The lowest BCUT2D eigenvalue weighted by Crippen LogP contribution is -2.16. The largest absolute Gasteiger partial charge is 0.465 e. The van der Waals surface area contributed by atoms with E-state index in [1.807, 2.05) is 0 Å². The summed E-state index contributed by atoms with van der Waals surface area (Å²) >= 11 is 1.51. The summed E-state index contributed by atoms with van der Waals surface area (Å²) in [6.45, 7) is 1.72. The average molecular weight is 401 g/mol. The number of rotatable bonds is 5. The predicted molar refractivity (Wildman–Crippen MR) is 106 cm³/mol. The molecule has 0 radical (unpaired) electrons. The summed E-state index contributed by atoms with van der Waals surface area (Å²) in [5.74, 6) is -0.810. The molecule has 1 aliphatic carbocycles. The fourth-order valence-electron chi connectivity index (χ4n) is 3.71. The standard InChI is InChI=1S/C21H20FNO4S/c1-11-14-9-12(22)7-8-16(14)27-19(11)15(24)10-23-20-18(21(25)26-2)13-5-3-4-6-17(13)28-20/h7-9,23H,3-6,10H2,1-2H3. The number of furan rings is 1. The zero-order valence-corrected chi connectivity index (χ0v) is 16.5. The van der Waals surface area contributed by atoms with Crippen molar-refractivity contribution in [1.29, 1.82) is 0 Å². The molecule has 4 rings (SSSR count). The Hall–Kier alpha value is -2.67. The van der Waals surface area contributed by atoms with Crippen LogP contribution in [0, 0.1) is 12.7 Å². The van der Waals surface area contributed by atoms with E-state index in [-0.39, 0.29) is 29.9 Å². The number of carbonyl (C=O) groups excluding carboxylic acids is 2. The van der Waals surface area contributed by atoms with Gasteiger partial charge in [-0.05, 0) is 56.4 Å². The molecule has 1 N–H and O–H groups in total. The van der Waals surface area contributed by atoms with Crippen molar-refractivity contribution in [3.63, 3.8) is 0 Å². The maximum absolute atomic E-state index is 13.5. The van der Waals surface area contributed by atoms with Crippen molar-refractivity contribution in [3.8, 4) is 0 Å². The zero-order chi connectivity index (χ0) is 19.8. The number of methoxy groups -OCH3 is 1. The Morgan fingerprint density at radius 2 is 2.07 bits per heavy atom. The number of thiophene rings is 1. The van der Waals surface area contributed by atoms with Gasteiger partial charge in [0.1, 0.15) is 16.4 Å². The monoisotopic (exact) mass is 401 g/mol. The number of esters is 1. The van der Waals surface area contributed by atoms with Gasteiger partial charge in [0.15, 0.2) is 5.76 Å². The van der Waals surface area contributed by atoms with Crippen LogP contribution in [0.15, 0.2) is 22.6 Å². The predicted octanol–water partition coefficient (Wildman–Crippen LogP) is 4.90. The van der Waals surface area contributed by atoms with E-state index in [1.54, 1.807) is 6.92 Å². The number of halogens is 1. The van der Waals surface area contributed by atoms with Crippen molar-refractivity contribution in [3.05, 3.63) is 51.3 Å². The highest BCUT2D eigenvalue weighted by Gasteiger charge is 2.27. The van der Waals surface area contributed by atoms with Crippen LogP contribution in [0.2, 0.25) is 0 Å². The first kappa shape index (κ1) is 18.7. The van der Waals surface area contributed by atoms with Crippen LogP contribution in [0.5, 0.6) is 0 Å². The van der Waals surface area contributed by atoms with E-state index in [1.165, 1.54) is 41.5 Å². The van der Waals surface area contributed by atoms with E-state index < -0.39 is 0 Å². The molecule has 2 heterocycles. The molecule has 0 saturated heterocycles. The van der Waals surface area contributed by atoms with Gasteiger partial charge in [-0.15, -0.1) is 11.3 Å². The SMILES string of the molecule is COC(=O)c1c(NCC(=O)c2oc3ccc(F)cc3c2C)sc2c1CCCC2. The van der Waals surface area contributed by atoms with Gasteiger partial charge in [0, 0.05) is 15.8 Å². The number of hydrogen-bond acceptors (Lipinski definition) is 6. The molecule has 146 valence electrons. The molecule has 0 saturated carbocycles. The van der Waals surface area contributed by atoms with Crippen molar-refractivity contribution in [2.24, 2.45) is 0 Å². The van der Waals surface area contributed by atoms with Gasteiger partial charge < -0.3 is 14.5 Å². The van der Waals surface area contributed by atoms with Crippen molar-refractivity contribution in [2.45, 2.75) is 32.6 Å². The van der Waals surface area contributed by atoms with E-state index in [0.717, 1.165) is 31.2 Å². The number of Topliss-reactive ketones (excluding diaryl/α,β-unsaturated/α-hetero) is 1. The molecular formula is C21H20FNO4S. The summed E-state index contributed by atoms with van der Waals surface area (Å²) in [6.07, 6.45) is 3.93. The van der Waals surface area contributed by atoms with Crippen LogP contribution in [0.4, 0.5) is 9.39 Å². The van der Waals surface area contributed by atoms with E-state index in [9.17, 15) is 14.0 Å².